The van der Waals surface area contributed by atoms with E-state index in [4.69, 9.17) is 0 Å². The molecule has 2 aliphatic rings. The zero-order chi connectivity index (χ0) is 16.5. The number of nitrogens with zero attached hydrogens (tertiary/aromatic N) is 3. The Morgan fingerprint density at radius 2 is 2.05 bits per heavy atom. The van der Waals surface area contributed by atoms with E-state index in [0.717, 1.165) is 25.7 Å². The van der Waals surface area contributed by atoms with Gasteiger partial charge in [-0.3, -0.25) is 14.6 Å². The maximum atomic E-state index is 12.3. The summed E-state index contributed by atoms with van der Waals surface area (Å²) in [6.45, 7) is 5.68. The molecule has 1 aliphatic heterocycles. The van der Waals surface area contributed by atoms with Crippen LogP contribution in [0.1, 0.15) is 46.5 Å². The van der Waals surface area contributed by atoms with Crippen LogP contribution in [0, 0.1) is 17.2 Å². The summed E-state index contributed by atoms with van der Waals surface area (Å²) in [5.41, 5.74) is -0.178. The van der Waals surface area contributed by atoms with Gasteiger partial charge in [-0.2, -0.15) is 5.26 Å². The number of nitriles is 1. The average molecular weight is 304 g/mol. The molecule has 1 heterocycles. The van der Waals surface area contributed by atoms with Crippen molar-refractivity contribution in [1.82, 2.24) is 10.2 Å². The predicted octanol–water partition coefficient (Wildman–Crippen LogP) is 1.27. The van der Waals surface area contributed by atoms with Crippen LogP contribution in [0.4, 0.5) is 0 Å². The third kappa shape index (κ3) is 2.85. The van der Waals surface area contributed by atoms with Gasteiger partial charge in [0.1, 0.15) is 6.54 Å². The summed E-state index contributed by atoms with van der Waals surface area (Å²) in [4.78, 5) is 30.4. The Kier molecular flexibility index (Phi) is 4.28. The highest BCUT2D eigenvalue weighted by molar-refractivity contribution is 6.17. The van der Waals surface area contributed by atoms with Crippen molar-refractivity contribution in [2.75, 3.05) is 13.6 Å². The van der Waals surface area contributed by atoms with Gasteiger partial charge in [-0.25, -0.2) is 0 Å². The Balaban J connectivity index is 2.25. The number of aliphatic imine (C=N–C) groups is 1. The van der Waals surface area contributed by atoms with Gasteiger partial charge in [0.15, 0.2) is 5.92 Å². The van der Waals surface area contributed by atoms with Crippen molar-refractivity contribution in [2.24, 2.45) is 10.9 Å². The van der Waals surface area contributed by atoms with Crippen LogP contribution in [-0.2, 0) is 9.59 Å². The molecule has 2 amide bonds. The van der Waals surface area contributed by atoms with Crippen LogP contribution in [0.15, 0.2) is 4.99 Å². The zero-order valence-corrected chi connectivity index (χ0v) is 13.8. The third-order valence-corrected chi connectivity index (χ3v) is 4.44. The quantitative estimate of drug-likeness (QED) is 0.833. The Morgan fingerprint density at radius 1 is 1.45 bits per heavy atom. The Hall–Kier alpha value is -1.90. The van der Waals surface area contributed by atoms with E-state index in [0.29, 0.717) is 5.71 Å². The van der Waals surface area contributed by atoms with Crippen molar-refractivity contribution in [1.29, 1.82) is 5.26 Å². The van der Waals surface area contributed by atoms with E-state index < -0.39 is 11.5 Å². The first-order valence-electron chi connectivity index (χ1n) is 7.74. The molecular weight excluding hydrogens is 280 g/mol. The molecule has 0 aromatic rings. The summed E-state index contributed by atoms with van der Waals surface area (Å²) in [7, 11) is 1.75. The standard InChI is InChI=1S/C16H24N4O2/c1-15(2,3)19-12(21)10-18-13-11(9-17)14(22)20(4)16(13)7-5-6-8-16/h11H,5-8,10H2,1-4H3,(H,19,21). The monoisotopic (exact) mass is 304 g/mol. The number of hydrogen-bond acceptors (Lipinski definition) is 4. The summed E-state index contributed by atoms with van der Waals surface area (Å²) < 4.78 is 0. The second kappa shape index (κ2) is 5.71. The van der Waals surface area contributed by atoms with Gasteiger partial charge in [-0.05, 0) is 33.6 Å². The minimum atomic E-state index is -0.842. The lowest BCUT2D eigenvalue weighted by atomic mass is 9.88. The van der Waals surface area contributed by atoms with Crippen LogP contribution >= 0.6 is 0 Å². The van der Waals surface area contributed by atoms with E-state index in [9.17, 15) is 14.9 Å². The van der Waals surface area contributed by atoms with Crippen LogP contribution in [0.3, 0.4) is 0 Å². The number of carbonyl (C=O) groups excluding carboxylic acids is 2. The van der Waals surface area contributed by atoms with Gasteiger partial charge in [0.2, 0.25) is 11.8 Å². The minimum Gasteiger partial charge on any atom is -0.350 e. The van der Waals surface area contributed by atoms with Gasteiger partial charge in [-0.1, -0.05) is 12.8 Å². The van der Waals surface area contributed by atoms with Gasteiger partial charge in [0, 0.05) is 12.6 Å². The van der Waals surface area contributed by atoms with Gasteiger partial charge < -0.3 is 10.2 Å². The third-order valence-electron chi connectivity index (χ3n) is 4.44. The van der Waals surface area contributed by atoms with Crippen molar-refractivity contribution in [3.8, 4) is 6.07 Å². The van der Waals surface area contributed by atoms with E-state index >= 15 is 0 Å². The molecule has 0 aromatic carbocycles. The normalized spacial score (nSPS) is 25.8. The average Bonchev–Trinajstić information content (AvgIpc) is 2.96. The predicted molar refractivity (Wildman–Crippen MR) is 83.3 cm³/mol. The van der Waals surface area contributed by atoms with Crippen molar-refractivity contribution in [2.45, 2.75) is 57.5 Å². The second-order valence-corrected chi connectivity index (χ2v) is 7.20. The smallest absolute Gasteiger partial charge is 0.246 e. The van der Waals surface area contributed by atoms with E-state index in [1.807, 2.05) is 20.8 Å². The summed E-state index contributed by atoms with van der Waals surface area (Å²) in [5.74, 6) is -1.23. The molecule has 1 saturated carbocycles. The number of amides is 2. The Labute approximate surface area is 131 Å². The lowest BCUT2D eigenvalue weighted by Gasteiger charge is -2.32. The molecule has 2 fully saturated rings. The molecule has 0 bridgehead atoms. The van der Waals surface area contributed by atoms with Crippen LogP contribution in [0.5, 0.6) is 0 Å². The number of rotatable bonds is 2. The molecule has 22 heavy (non-hydrogen) atoms. The summed E-state index contributed by atoms with van der Waals surface area (Å²) in [6.07, 6.45) is 3.69. The van der Waals surface area contributed by atoms with Crippen LogP contribution in [0.2, 0.25) is 0 Å². The Morgan fingerprint density at radius 3 is 2.55 bits per heavy atom. The second-order valence-electron chi connectivity index (χ2n) is 7.20. The highest BCUT2D eigenvalue weighted by Gasteiger charge is 2.55. The first-order chi connectivity index (χ1) is 10.2. The zero-order valence-electron chi connectivity index (χ0n) is 13.8. The van der Waals surface area contributed by atoms with Gasteiger partial charge in [-0.15, -0.1) is 0 Å². The van der Waals surface area contributed by atoms with Crippen LogP contribution in [0.25, 0.3) is 0 Å². The molecule has 0 radical (unpaired) electrons. The lowest BCUT2D eigenvalue weighted by Crippen LogP contribution is -2.46. The molecule has 0 aromatic heterocycles. The highest BCUT2D eigenvalue weighted by atomic mass is 16.2. The van der Waals surface area contributed by atoms with Gasteiger partial charge in [0.25, 0.3) is 0 Å². The largest absolute Gasteiger partial charge is 0.350 e. The molecule has 1 N–H and O–H groups in total. The molecule has 120 valence electrons. The number of hydrogen-bond donors (Lipinski definition) is 1. The fraction of sp³-hybridized carbons (Fsp3) is 0.750. The SMILES string of the molecule is CN1C(=O)C(C#N)C(=NCC(=O)NC(C)(C)C)C12CCCC2. The van der Waals surface area contributed by atoms with E-state index in [1.54, 1.807) is 11.9 Å². The van der Waals surface area contributed by atoms with E-state index in [-0.39, 0.29) is 23.9 Å². The molecule has 1 saturated heterocycles. The summed E-state index contributed by atoms with van der Waals surface area (Å²) >= 11 is 0. The molecule has 6 heteroatoms. The number of likely N-dealkylation sites (tertiary alicyclic amines) is 1. The topological polar surface area (TPSA) is 85.6 Å². The molecule has 1 aliphatic carbocycles. The van der Waals surface area contributed by atoms with Gasteiger partial charge in [0.05, 0.1) is 17.3 Å². The Bertz CT molecular complexity index is 547. The molecule has 1 spiro atoms. The maximum Gasteiger partial charge on any atom is 0.246 e. The van der Waals surface area contributed by atoms with Crippen molar-refractivity contribution < 1.29 is 9.59 Å². The van der Waals surface area contributed by atoms with Crippen molar-refractivity contribution in [3.05, 3.63) is 0 Å². The first-order valence-corrected chi connectivity index (χ1v) is 7.74. The first kappa shape index (κ1) is 16.5. The molecule has 1 atom stereocenters. The molecular formula is C16H24N4O2. The van der Waals surface area contributed by atoms with Crippen molar-refractivity contribution >= 4 is 17.5 Å². The fourth-order valence-electron chi connectivity index (χ4n) is 3.48. The van der Waals surface area contributed by atoms with Crippen molar-refractivity contribution in [3.63, 3.8) is 0 Å². The van der Waals surface area contributed by atoms with E-state index in [1.165, 1.54) is 0 Å². The summed E-state index contributed by atoms with van der Waals surface area (Å²) in [6, 6.07) is 2.06. The highest BCUT2D eigenvalue weighted by Crippen LogP contribution is 2.43. The summed E-state index contributed by atoms with van der Waals surface area (Å²) in [5, 5.41) is 12.2. The maximum absolute atomic E-state index is 12.3. The number of carbonyl (C=O) groups is 2. The molecule has 6 nitrogen and oxygen atoms in total. The molecule has 1 unspecified atom stereocenters. The minimum absolute atomic E-state index is 0.0341. The van der Waals surface area contributed by atoms with Crippen LogP contribution in [-0.4, -0.2) is 47.1 Å². The molecule has 2 rings (SSSR count). The fourth-order valence-corrected chi connectivity index (χ4v) is 3.48. The number of nitrogens with one attached hydrogen (secondary N) is 1. The lowest BCUT2D eigenvalue weighted by molar-refractivity contribution is -0.131. The van der Waals surface area contributed by atoms with E-state index in [2.05, 4.69) is 16.4 Å². The van der Waals surface area contributed by atoms with Crippen LogP contribution < -0.4 is 5.32 Å². The van der Waals surface area contributed by atoms with Gasteiger partial charge >= 0.3 is 0 Å².